The fourth-order valence-electron chi connectivity index (χ4n) is 2.78. The van der Waals surface area contributed by atoms with Crippen molar-refractivity contribution >= 4 is 16.8 Å². The van der Waals surface area contributed by atoms with E-state index >= 15 is 0 Å². The summed E-state index contributed by atoms with van der Waals surface area (Å²) >= 11 is 0. The first-order chi connectivity index (χ1) is 14.1. The van der Waals surface area contributed by atoms with E-state index in [1.54, 1.807) is 0 Å². The van der Waals surface area contributed by atoms with Gasteiger partial charge < -0.3 is 15.0 Å². The molecule has 0 aliphatic heterocycles. The van der Waals surface area contributed by atoms with Crippen LogP contribution in [-0.2, 0) is 6.54 Å². The van der Waals surface area contributed by atoms with E-state index in [1.165, 1.54) is 42.6 Å². The highest BCUT2D eigenvalue weighted by atomic mass is 19.4. The summed E-state index contributed by atoms with van der Waals surface area (Å²) in [5.74, 6) is -0.549. The Morgan fingerprint density at radius 3 is 2.53 bits per heavy atom. The SMILES string of the molecule is CN(C)CCNC(=O)c1cc2c(cnn2CC(F)(F)F)cc1Oc1ccc(F)cc1. The van der Waals surface area contributed by atoms with Crippen molar-refractivity contribution in [1.82, 2.24) is 20.0 Å². The van der Waals surface area contributed by atoms with Crippen LogP contribution in [0.3, 0.4) is 0 Å². The summed E-state index contributed by atoms with van der Waals surface area (Å²) in [7, 11) is 3.69. The third kappa shape index (κ3) is 5.47. The number of carbonyl (C=O) groups is 1. The maximum atomic E-state index is 13.2. The van der Waals surface area contributed by atoms with Crippen LogP contribution in [0, 0.1) is 5.82 Å². The summed E-state index contributed by atoms with van der Waals surface area (Å²) in [6.07, 6.45) is -3.19. The van der Waals surface area contributed by atoms with Gasteiger partial charge in [0.15, 0.2) is 0 Å². The first-order valence-electron chi connectivity index (χ1n) is 9.05. The van der Waals surface area contributed by atoms with Crippen molar-refractivity contribution < 1.29 is 27.1 Å². The molecule has 160 valence electrons. The molecule has 2 aromatic carbocycles. The lowest BCUT2D eigenvalue weighted by molar-refractivity contribution is -0.141. The standard InChI is InChI=1S/C20H20F4N4O2/c1-27(2)8-7-25-19(29)16-10-17-13(11-26-28(17)12-20(22,23)24)9-18(16)30-15-5-3-14(21)4-6-15/h3-6,9-11H,7-8,12H2,1-2H3,(H,25,29). The molecule has 3 rings (SSSR count). The quantitative estimate of drug-likeness (QED) is 0.586. The van der Waals surface area contributed by atoms with Gasteiger partial charge in [-0.3, -0.25) is 9.48 Å². The third-order valence-electron chi connectivity index (χ3n) is 4.20. The van der Waals surface area contributed by atoms with E-state index in [2.05, 4.69) is 10.4 Å². The lowest BCUT2D eigenvalue weighted by Crippen LogP contribution is -2.31. The highest BCUT2D eigenvalue weighted by Gasteiger charge is 2.29. The zero-order valence-corrected chi connectivity index (χ0v) is 16.3. The Morgan fingerprint density at radius 2 is 1.90 bits per heavy atom. The molecule has 0 bridgehead atoms. The number of halogens is 4. The van der Waals surface area contributed by atoms with Gasteiger partial charge in [-0.25, -0.2) is 4.39 Å². The maximum Gasteiger partial charge on any atom is 0.408 e. The number of fused-ring (bicyclic) bond motifs is 1. The van der Waals surface area contributed by atoms with Crippen LogP contribution < -0.4 is 10.1 Å². The molecule has 0 saturated heterocycles. The van der Waals surface area contributed by atoms with Crippen LogP contribution in [0.4, 0.5) is 17.6 Å². The Balaban J connectivity index is 1.99. The minimum Gasteiger partial charge on any atom is -0.457 e. The molecule has 0 aliphatic carbocycles. The molecule has 1 aromatic heterocycles. The Kier molecular flexibility index (Phi) is 6.25. The minimum atomic E-state index is -4.46. The summed E-state index contributed by atoms with van der Waals surface area (Å²) in [6.45, 7) is -0.369. The van der Waals surface area contributed by atoms with E-state index in [0.717, 1.165) is 4.68 Å². The molecule has 0 aliphatic rings. The molecule has 0 unspecified atom stereocenters. The molecule has 1 amide bonds. The normalized spacial score (nSPS) is 11.8. The molecule has 0 radical (unpaired) electrons. The van der Waals surface area contributed by atoms with Crippen LogP contribution in [0.25, 0.3) is 10.9 Å². The van der Waals surface area contributed by atoms with Gasteiger partial charge in [-0.2, -0.15) is 18.3 Å². The van der Waals surface area contributed by atoms with E-state index in [9.17, 15) is 22.4 Å². The molecule has 30 heavy (non-hydrogen) atoms. The van der Waals surface area contributed by atoms with Gasteiger partial charge in [0.05, 0.1) is 17.3 Å². The van der Waals surface area contributed by atoms with Crippen molar-refractivity contribution in [3.63, 3.8) is 0 Å². The van der Waals surface area contributed by atoms with Gasteiger partial charge in [0.2, 0.25) is 0 Å². The summed E-state index contributed by atoms with van der Waals surface area (Å²) in [6, 6.07) is 7.94. The summed E-state index contributed by atoms with van der Waals surface area (Å²) in [5, 5.41) is 6.87. The molecule has 6 nitrogen and oxygen atoms in total. The Hall–Kier alpha value is -3.14. The zero-order chi connectivity index (χ0) is 21.9. The minimum absolute atomic E-state index is 0.0505. The van der Waals surface area contributed by atoms with Crippen molar-refractivity contribution in [2.45, 2.75) is 12.7 Å². The molecular formula is C20H20F4N4O2. The van der Waals surface area contributed by atoms with Crippen LogP contribution >= 0.6 is 0 Å². The number of ether oxygens (including phenoxy) is 1. The first-order valence-corrected chi connectivity index (χ1v) is 9.05. The Morgan fingerprint density at radius 1 is 1.20 bits per heavy atom. The number of nitrogens with one attached hydrogen (secondary N) is 1. The molecule has 0 saturated carbocycles. The first kappa shape index (κ1) is 21.6. The molecule has 1 heterocycles. The van der Waals surface area contributed by atoms with Crippen molar-refractivity contribution in [2.24, 2.45) is 0 Å². The van der Waals surface area contributed by atoms with Gasteiger partial charge in [0.1, 0.15) is 23.9 Å². The number of rotatable bonds is 7. The number of aromatic nitrogens is 2. The number of alkyl halides is 3. The van der Waals surface area contributed by atoms with E-state index in [4.69, 9.17) is 4.74 Å². The lowest BCUT2D eigenvalue weighted by Gasteiger charge is -2.14. The largest absolute Gasteiger partial charge is 0.457 e. The number of likely N-dealkylation sites (N-methyl/N-ethyl adjacent to an activating group) is 1. The zero-order valence-electron chi connectivity index (χ0n) is 16.3. The fourth-order valence-corrected chi connectivity index (χ4v) is 2.78. The second-order valence-corrected chi connectivity index (χ2v) is 6.94. The predicted molar refractivity (Wildman–Crippen MR) is 103 cm³/mol. The fraction of sp³-hybridized carbons (Fsp3) is 0.300. The topological polar surface area (TPSA) is 59.4 Å². The molecule has 0 spiro atoms. The molecule has 0 atom stereocenters. The maximum absolute atomic E-state index is 13.2. The van der Waals surface area contributed by atoms with E-state index < -0.39 is 24.4 Å². The van der Waals surface area contributed by atoms with Gasteiger partial charge in [0.25, 0.3) is 5.91 Å². The predicted octanol–water partition coefficient (Wildman–Crippen LogP) is 3.82. The van der Waals surface area contributed by atoms with Gasteiger partial charge in [-0.05, 0) is 50.5 Å². The molecule has 3 aromatic rings. The second-order valence-electron chi connectivity index (χ2n) is 6.94. The third-order valence-corrected chi connectivity index (χ3v) is 4.20. The van der Waals surface area contributed by atoms with Gasteiger partial charge in [-0.15, -0.1) is 0 Å². The average Bonchev–Trinajstić information content (AvgIpc) is 3.02. The number of hydrogen-bond acceptors (Lipinski definition) is 4. The van der Waals surface area contributed by atoms with Crippen molar-refractivity contribution in [2.75, 3.05) is 27.2 Å². The van der Waals surface area contributed by atoms with Gasteiger partial charge >= 0.3 is 6.18 Å². The van der Waals surface area contributed by atoms with Crippen LogP contribution in [-0.4, -0.2) is 53.9 Å². The average molecular weight is 424 g/mol. The molecule has 10 heteroatoms. The Labute approximate surface area is 170 Å². The van der Waals surface area contributed by atoms with Crippen LogP contribution in [0.15, 0.2) is 42.6 Å². The number of carbonyl (C=O) groups excluding carboxylic acids is 1. The van der Waals surface area contributed by atoms with E-state index in [0.29, 0.717) is 18.5 Å². The molecular weight excluding hydrogens is 404 g/mol. The van der Waals surface area contributed by atoms with Crippen molar-refractivity contribution in [3.8, 4) is 11.5 Å². The van der Waals surface area contributed by atoms with Crippen LogP contribution in [0.5, 0.6) is 11.5 Å². The number of benzene rings is 2. The highest BCUT2D eigenvalue weighted by Crippen LogP contribution is 2.31. The Bertz CT molecular complexity index is 1030. The number of hydrogen-bond donors (Lipinski definition) is 1. The number of nitrogens with zero attached hydrogens (tertiary/aromatic N) is 3. The van der Waals surface area contributed by atoms with Crippen molar-refractivity contribution in [3.05, 3.63) is 54.0 Å². The van der Waals surface area contributed by atoms with Crippen molar-refractivity contribution in [1.29, 1.82) is 0 Å². The van der Waals surface area contributed by atoms with Crippen LogP contribution in [0.1, 0.15) is 10.4 Å². The smallest absolute Gasteiger partial charge is 0.408 e. The number of amides is 1. The molecule has 0 fully saturated rings. The second kappa shape index (κ2) is 8.70. The van der Waals surface area contributed by atoms with E-state index in [-0.39, 0.29) is 22.6 Å². The summed E-state index contributed by atoms with van der Waals surface area (Å²) < 4.78 is 58.2. The lowest BCUT2D eigenvalue weighted by atomic mass is 10.1. The van der Waals surface area contributed by atoms with Gasteiger partial charge in [-0.1, -0.05) is 0 Å². The van der Waals surface area contributed by atoms with E-state index in [1.807, 2.05) is 19.0 Å². The van der Waals surface area contributed by atoms with Gasteiger partial charge in [0, 0.05) is 18.5 Å². The molecule has 1 N–H and O–H groups in total. The summed E-state index contributed by atoms with van der Waals surface area (Å²) in [5.41, 5.74) is 0.200. The highest BCUT2D eigenvalue weighted by molar-refractivity contribution is 6.01. The van der Waals surface area contributed by atoms with Crippen LogP contribution in [0.2, 0.25) is 0 Å². The summed E-state index contributed by atoms with van der Waals surface area (Å²) in [4.78, 5) is 14.6. The monoisotopic (exact) mass is 424 g/mol.